The second kappa shape index (κ2) is 5.57. The van der Waals surface area contributed by atoms with Crippen molar-refractivity contribution in [3.63, 3.8) is 0 Å². The van der Waals surface area contributed by atoms with Gasteiger partial charge < -0.3 is 15.0 Å². The zero-order chi connectivity index (χ0) is 15.0. The minimum absolute atomic E-state index is 0.0542. The lowest BCUT2D eigenvalue weighted by Gasteiger charge is -2.24. The highest BCUT2D eigenvalue weighted by molar-refractivity contribution is 5.11. The maximum absolute atomic E-state index is 11.9. The van der Waals surface area contributed by atoms with Crippen molar-refractivity contribution in [1.82, 2.24) is 10.1 Å². The van der Waals surface area contributed by atoms with Crippen LogP contribution in [0.4, 0.5) is 13.2 Å². The number of fused-ring (bicyclic) bond motifs is 2. The van der Waals surface area contributed by atoms with Crippen molar-refractivity contribution in [2.75, 3.05) is 13.2 Å². The van der Waals surface area contributed by atoms with E-state index in [1.807, 2.05) is 0 Å². The molecule has 0 spiro atoms. The third-order valence-electron chi connectivity index (χ3n) is 4.49. The minimum Gasteiger partial charge on any atom is -0.372 e. The molecule has 4 unspecified atom stereocenters. The molecule has 0 aromatic carbocycles. The van der Waals surface area contributed by atoms with E-state index in [2.05, 4.69) is 14.9 Å². The van der Waals surface area contributed by atoms with Gasteiger partial charge >= 0.3 is 6.18 Å². The third-order valence-corrected chi connectivity index (χ3v) is 4.49. The fourth-order valence-electron chi connectivity index (χ4n) is 3.56. The Morgan fingerprint density at radius 3 is 2.71 bits per heavy atom. The van der Waals surface area contributed by atoms with Crippen LogP contribution < -0.4 is 5.73 Å². The molecule has 2 fully saturated rings. The van der Waals surface area contributed by atoms with Crippen LogP contribution in [-0.2, 0) is 11.2 Å². The standard InChI is InChI=1S/C13H18F3N3O2/c14-13(15,16)6-20-4-3-9-18-12(21-19-9)10-7-1-2-8(5-7)11(10)17/h7-8,10-11H,1-6,17H2. The Morgan fingerprint density at radius 2 is 2.05 bits per heavy atom. The molecule has 5 nitrogen and oxygen atoms in total. The Kier molecular flexibility index (Phi) is 3.92. The molecule has 21 heavy (non-hydrogen) atoms. The van der Waals surface area contributed by atoms with Crippen molar-refractivity contribution < 1.29 is 22.4 Å². The average molecular weight is 305 g/mol. The van der Waals surface area contributed by atoms with Gasteiger partial charge in [0.05, 0.1) is 12.5 Å². The molecule has 2 bridgehead atoms. The van der Waals surface area contributed by atoms with Crippen LogP contribution in [0, 0.1) is 11.8 Å². The monoisotopic (exact) mass is 305 g/mol. The number of hydrogen-bond acceptors (Lipinski definition) is 5. The van der Waals surface area contributed by atoms with Gasteiger partial charge in [-0.2, -0.15) is 18.2 Å². The molecule has 4 atom stereocenters. The molecule has 1 heterocycles. The summed E-state index contributed by atoms with van der Waals surface area (Å²) in [5, 5.41) is 3.81. The van der Waals surface area contributed by atoms with E-state index in [0.717, 1.165) is 19.3 Å². The van der Waals surface area contributed by atoms with Crippen LogP contribution in [0.25, 0.3) is 0 Å². The molecule has 0 radical (unpaired) electrons. The Balaban J connectivity index is 1.52. The summed E-state index contributed by atoms with van der Waals surface area (Å²) in [5.41, 5.74) is 6.20. The van der Waals surface area contributed by atoms with E-state index in [0.29, 0.717) is 23.6 Å². The number of hydrogen-bond donors (Lipinski definition) is 1. The second-order valence-electron chi connectivity index (χ2n) is 5.90. The largest absolute Gasteiger partial charge is 0.411 e. The lowest BCUT2D eigenvalue weighted by molar-refractivity contribution is -0.173. The maximum Gasteiger partial charge on any atom is 0.411 e. The summed E-state index contributed by atoms with van der Waals surface area (Å²) < 4.78 is 45.6. The van der Waals surface area contributed by atoms with Crippen molar-refractivity contribution in [2.45, 2.75) is 43.8 Å². The molecule has 1 aromatic heterocycles. The molecule has 2 aliphatic rings. The second-order valence-corrected chi connectivity index (χ2v) is 5.90. The van der Waals surface area contributed by atoms with Gasteiger partial charge in [0.25, 0.3) is 0 Å². The fourth-order valence-corrected chi connectivity index (χ4v) is 3.56. The summed E-state index contributed by atoms with van der Waals surface area (Å²) in [6.45, 7) is -1.34. The molecule has 1 aromatic rings. The van der Waals surface area contributed by atoms with Crippen LogP contribution >= 0.6 is 0 Å². The van der Waals surface area contributed by atoms with Gasteiger partial charge in [-0.15, -0.1) is 0 Å². The average Bonchev–Trinajstić information content (AvgIpc) is 3.08. The van der Waals surface area contributed by atoms with Gasteiger partial charge in [-0.3, -0.25) is 0 Å². The normalized spacial score (nSPS) is 32.0. The first-order valence-corrected chi connectivity index (χ1v) is 7.16. The molecule has 2 saturated carbocycles. The van der Waals surface area contributed by atoms with Gasteiger partial charge in [0.2, 0.25) is 5.89 Å². The van der Waals surface area contributed by atoms with Crippen molar-refractivity contribution >= 4 is 0 Å². The van der Waals surface area contributed by atoms with Gasteiger partial charge in [-0.25, -0.2) is 0 Å². The highest BCUT2D eigenvalue weighted by Crippen LogP contribution is 2.51. The summed E-state index contributed by atoms with van der Waals surface area (Å²) in [6, 6.07) is 0.0542. The molecular weight excluding hydrogens is 287 g/mol. The Labute approximate surface area is 120 Å². The van der Waals surface area contributed by atoms with Crippen molar-refractivity contribution in [2.24, 2.45) is 17.6 Å². The van der Waals surface area contributed by atoms with Crippen LogP contribution in [-0.4, -0.2) is 35.6 Å². The number of nitrogens with zero attached hydrogens (tertiary/aromatic N) is 2. The van der Waals surface area contributed by atoms with Gasteiger partial charge in [-0.05, 0) is 31.1 Å². The van der Waals surface area contributed by atoms with Crippen LogP contribution in [0.1, 0.15) is 36.9 Å². The molecular formula is C13H18F3N3O2. The van der Waals surface area contributed by atoms with Gasteiger partial charge in [0.15, 0.2) is 5.82 Å². The van der Waals surface area contributed by atoms with Crippen molar-refractivity contribution in [3.05, 3.63) is 11.7 Å². The molecule has 0 saturated heterocycles. The first-order chi connectivity index (χ1) is 9.94. The Bertz CT molecular complexity index is 489. The molecule has 0 amide bonds. The van der Waals surface area contributed by atoms with Crippen molar-refractivity contribution in [1.29, 1.82) is 0 Å². The fraction of sp³-hybridized carbons (Fsp3) is 0.846. The van der Waals surface area contributed by atoms with Crippen LogP contribution in [0.2, 0.25) is 0 Å². The molecule has 118 valence electrons. The van der Waals surface area contributed by atoms with Gasteiger partial charge in [0.1, 0.15) is 6.61 Å². The Hall–Kier alpha value is -1.15. The topological polar surface area (TPSA) is 74.2 Å². The van der Waals surface area contributed by atoms with E-state index >= 15 is 0 Å². The number of halogens is 3. The maximum atomic E-state index is 11.9. The SMILES string of the molecule is NC1C2CCC(C2)C1c1nc(CCOCC(F)(F)F)no1. The smallest absolute Gasteiger partial charge is 0.372 e. The first-order valence-electron chi connectivity index (χ1n) is 7.16. The first kappa shape index (κ1) is 14.8. The summed E-state index contributed by atoms with van der Waals surface area (Å²) in [7, 11) is 0. The van der Waals surface area contributed by atoms with Crippen LogP contribution in [0.15, 0.2) is 4.52 Å². The van der Waals surface area contributed by atoms with E-state index < -0.39 is 12.8 Å². The van der Waals surface area contributed by atoms with E-state index in [-0.39, 0.29) is 25.0 Å². The lowest BCUT2D eigenvalue weighted by atomic mass is 9.85. The van der Waals surface area contributed by atoms with Crippen LogP contribution in [0.3, 0.4) is 0 Å². The summed E-state index contributed by atoms with van der Waals surface area (Å²) in [5.74, 6) is 2.04. The highest BCUT2D eigenvalue weighted by atomic mass is 19.4. The Morgan fingerprint density at radius 1 is 1.29 bits per heavy atom. The van der Waals surface area contributed by atoms with E-state index in [1.165, 1.54) is 0 Å². The summed E-state index contributed by atoms with van der Waals surface area (Å²) in [4.78, 5) is 4.28. The van der Waals surface area contributed by atoms with Crippen molar-refractivity contribution in [3.8, 4) is 0 Å². The quantitative estimate of drug-likeness (QED) is 0.843. The highest BCUT2D eigenvalue weighted by Gasteiger charge is 2.48. The number of ether oxygens (including phenoxy) is 1. The molecule has 3 rings (SSSR count). The summed E-state index contributed by atoms with van der Waals surface area (Å²) >= 11 is 0. The van der Waals surface area contributed by atoms with Crippen LogP contribution in [0.5, 0.6) is 0 Å². The van der Waals surface area contributed by atoms with Gasteiger partial charge in [-0.1, -0.05) is 5.16 Å². The zero-order valence-electron chi connectivity index (χ0n) is 11.5. The molecule has 0 aliphatic heterocycles. The number of alkyl halides is 3. The molecule has 2 aliphatic carbocycles. The molecule has 8 heteroatoms. The molecule has 2 N–H and O–H groups in total. The van der Waals surface area contributed by atoms with E-state index in [4.69, 9.17) is 10.3 Å². The summed E-state index contributed by atoms with van der Waals surface area (Å²) in [6.07, 6.45) is -0.698. The number of aromatic nitrogens is 2. The minimum atomic E-state index is -4.31. The van der Waals surface area contributed by atoms with E-state index in [9.17, 15) is 13.2 Å². The lowest BCUT2D eigenvalue weighted by Crippen LogP contribution is -2.34. The predicted molar refractivity (Wildman–Crippen MR) is 66.4 cm³/mol. The predicted octanol–water partition coefficient (Wildman–Crippen LogP) is 2.03. The number of rotatable bonds is 5. The van der Waals surface area contributed by atoms with Gasteiger partial charge in [0, 0.05) is 12.5 Å². The van der Waals surface area contributed by atoms with E-state index in [1.54, 1.807) is 0 Å². The third kappa shape index (κ3) is 3.21. The number of nitrogens with two attached hydrogens (primary N) is 1. The zero-order valence-corrected chi connectivity index (χ0v) is 11.5.